The first-order chi connectivity index (χ1) is 14.6. The minimum Gasteiger partial charge on any atom is -0.465 e. The van der Waals surface area contributed by atoms with E-state index >= 15 is 0 Å². The van der Waals surface area contributed by atoms with Crippen molar-refractivity contribution in [3.63, 3.8) is 0 Å². The van der Waals surface area contributed by atoms with E-state index < -0.39 is 12.0 Å². The summed E-state index contributed by atoms with van der Waals surface area (Å²) in [6, 6.07) is 12.5. The Kier molecular flexibility index (Phi) is 5.63. The number of furan rings is 1. The van der Waals surface area contributed by atoms with Gasteiger partial charge in [0, 0.05) is 0 Å². The molecule has 4 rings (SSSR count). The maximum atomic E-state index is 13.3. The maximum Gasteiger partial charge on any atom is 0.338 e. The largest absolute Gasteiger partial charge is 0.465 e. The van der Waals surface area contributed by atoms with Gasteiger partial charge in [-0.2, -0.15) is 0 Å². The normalized spacial score (nSPS) is 16.6. The summed E-state index contributed by atoms with van der Waals surface area (Å²) in [5.41, 5.74) is 1.56. The summed E-state index contributed by atoms with van der Waals surface area (Å²) in [4.78, 5) is 31.1. The van der Waals surface area contributed by atoms with Gasteiger partial charge in [0.05, 0.1) is 34.7 Å². The van der Waals surface area contributed by atoms with Crippen molar-refractivity contribution in [2.24, 2.45) is 4.99 Å². The molecule has 152 valence electrons. The summed E-state index contributed by atoms with van der Waals surface area (Å²) < 4.78 is 12.6. The van der Waals surface area contributed by atoms with Crippen LogP contribution in [0.5, 0.6) is 0 Å². The maximum absolute atomic E-state index is 13.3. The number of thiazole rings is 1. The molecular weight excluding hydrogens is 400 g/mol. The van der Waals surface area contributed by atoms with Gasteiger partial charge in [-0.3, -0.25) is 9.36 Å². The van der Waals surface area contributed by atoms with Gasteiger partial charge in [-0.25, -0.2) is 9.79 Å². The van der Waals surface area contributed by atoms with Crippen LogP contribution in [0.2, 0.25) is 0 Å². The van der Waals surface area contributed by atoms with Gasteiger partial charge < -0.3 is 9.15 Å². The number of benzene rings is 1. The summed E-state index contributed by atoms with van der Waals surface area (Å²) in [6.07, 6.45) is 6.87. The number of esters is 1. The molecule has 1 aromatic carbocycles. The Balaban J connectivity index is 1.87. The van der Waals surface area contributed by atoms with E-state index in [1.165, 1.54) is 11.3 Å². The molecule has 0 spiro atoms. The molecule has 1 aliphatic rings. The van der Waals surface area contributed by atoms with Crippen molar-refractivity contribution in [1.29, 1.82) is 0 Å². The van der Waals surface area contributed by atoms with Crippen LogP contribution in [0.15, 0.2) is 80.3 Å². The molecule has 3 aromatic rings. The third-order valence-electron chi connectivity index (χ3n) is 4.68. The second-order valence-corrected chi connectivity index (χ2v) is 7.62. The lowest BCUT2D eigenvalue weighted by atomic mass is 9.96. The van der Waals surface area contributed by atoms with Gasteiger partial charge in [0.1, 0.15) is 5.76 Å². The first-order valence-corrected chi connectivity index (χ1v) is 10.4. The first-order valence-electron chi connectivity index (χ1n) is 9.55. The highest BCUT2D eigenvalue weighted by Crippen LogP contribution is 2.30. The predicted octanol–water partition coefficient (Wildman–Crippen LogP) is 3.06. The van der Waals surface area contributed by atoms with Crippen LogP contribution in [0, 0.1) is 0 Å². The molecule has 1 atom stereocenters. The highest BCUT2D eigenvalue weighted by molar-refractivity contribution is 7.07. The average molecular weight is 420 g/mol. The highest BCUT2D eigenvalue weighted by Gasteiger charge is 2.33. The first kappa shape index (κ1) is 19.8. The summed E-state index contributed by atoms with van der Waals surface area (Å²) in [7, 11) is 0. The molecule has 30 heavy (non-hydrogen) atoms. The van der Waals surface area contributed by atoms with Crippen molar-refractivity contribution in [3.8, 4) is 0 Å². The molecule has 0 bridgehead atoms. The Bertz CT molecular complexity index is 1300. The van der Waals surface area contributed by atoms with Gasteiger partial charge in [0.25, 0.3) is 5.56 Å². The SMILES string of the molecule is CCOC(=O)C1=C(C)N=c2sc(=C/C=C/c3ccco3)c(=O)n2[C@H]1c1ccccc1. The van der Waals surface area contributed by atoms with Gasteiger partial charge in [-0.15, -0.1) is 0 Å². The van der Waals surface area contributed by atoms with Gasteiger partial charge in [0.15, 0.2) is 4.80 Å². The Morgan fingerprint density at radius 2 is 2.07 bits per heavy atom. The predicted molar refractivity (Wildman–Crippen MR) is 115 cm³/mol. The molecule has 0 aliphatic carbocycles. The summed E-state index contributed by atoms with van der Waals surface area (Å²) >= 11 is 1.29. The second kappa shape index (κ2) is 8.51. The molecule has 0 unspecified atom stereocenters. The van der Waals surface area contributed by atoms with Crippen molar-refractivity contribution in [1.82, 2.24) is 4.57 Å². The van der Waals surface area contributed by atoms with E-state index in [4.69, 9.17) is 9.15 Å². The van der Waals surface area contributed by atoms with Crippen LogP contribution in [0.4, 0.5) is 0 Å². The standard InChI is InChI=1S/C23H20N2O4S/c1-3-28-22(27)19-15(2)24-23-25(20(19)16-9-5-4-6-10-16)21(26)18(30-23)13-7-11-17-12-8-14-29-17/h4-14,20H,3H2,1-2H3/b11-7+,18-13?/t20-/m0/s1. The van der Waals surface area contributed by atoms with Crippen molar-refractivity contribution in [2.45, 2.75) is 19.9 Å². The Labute approximate surface area is 176 Å². The summed E-state index contributed by atoms with van der Waals surface area (Å²) in [5, 5.41) is 0. The molecule has 0 amide bonds. The zero-order valence-corrected chi connectivity index (χ0v) is 17.4. The molecule has 0 N–H and O–H groups in total. The fourth-order valence-electron chi connectivity index (χ4n) is 3.37. The van der Waals surface area contributed by atoms with Crippen LogP contribution >= 0.6 is 11.3 Å². The molecule has 2 aromatic heterocycles. The zero-order chi connectivity index (χ0) is 21.1. The van der Waals surface area contributed by atoms with E-state index in [1.807, 2.05) is 36.4 Å². The monoisotopic (exact) mass is 420 g/mol. The van der Waals surface area contributed by atoms with Crippen LogP contribution in [0.1, 0.15) is 31.2 Å². The Morgan fingerprint density at radius 3 is 2.77 bits per heavy atom. The van der Waals surface area contributed by atoms with E-state index in [0.717, 1.165) is 5.56 Å². The van der Waals surface area contributed by atoms with E-state index in [1.54, 1.807) is 49.0 Å². The Hall–Kier alpha value is -3.45. The Morgan fingerprint density at radius 1 is 1.27 bits per heavy atom. The second-order valence-electron chi connectivity index (χ2n) is 6.61. The minimum absolute atomic E-state index is 0.203. The average Bonchev–Trinajstić information content (AvgIpc) is 3.36. The third-order valence-corrected chi connectivity index (χ3v) is 5.68. The van der Waals surface area contributed by atoms with Gasteiger partial charge >= 0.3 is 5.97 Å². The minimum atomic E-state index is -0.585. The van der Waals surface area contributed by atoms with Crippen LogP contribution in [-0.2, 0) is 9.53 Å². The van der Waals surface area contributed by atoms with Crippen LogP contribution in [0.25, 0.3) is 12.2 Å². The lowest BCUT2D eigenvalue weighted by Crippen LogP contribution is -2.39. The van der Waals surface area contributed by atoms with Crippen LogP contribution in [-0.4, -0.2) is 17.1 Å². The number of hydrogen-bond acceptors (Lipinski definition) is 6. The topological polar surface area (TPSA) is 73.8 Å². The van der Waals surface area contributed by atoms with E-state index in [0.29, 0.717) is 26.4 Å². The fourth-order valence-corrected chi connectivity index (χ4v) is 4.37. The number of fused-ring (bicyclic) bond motifs is 1. The number of allylic oxidation sites excluding steroid dienone is 2. The third kappa shape index (κ3) is 3.71. The van der Waals surface area contributed by atoms with Crippen molar-refractivity contribution >= 4 is 29.5 Å². The van der Waals surface area contributed by atoms with Crippen molar-refractivity contribution < 1.29 is 13.9 Å². The summed E-state index contributed by atoms with van der Waals surface area (Å²) in [6.45, 7) is 3.78. The smallest absolute Gasteiger partial charge is 0.338 e. The van der Waals surface area contributed by atoms with Gasteiger partial charge in [-0.05, 0) is 43.7 Å². The zero-order valence-electron chi connectivity index (χ0n) is 16.6. The van der Waals surface area contributed by atoms with E-state index in [-0.39, 0.29) is 12.2 Å². The highest BCUT2D eigenvalue weighted by atomic mass is 32.1. The molecule has 7 heteroatoms. The fraction of sp³-hybridized carbons (Fsp3) is 0.174. The quantitative estimate of drug-likeness (QED) is 0.595. The molecule has 6 nitrogen and oxygen atoms in total. The number of ether oxygens (including phenoxy) is 1. The summed E-state index contributed by atoms with van der Waals surface area (Å²) in [5.74, 6) is 0.237. The van der Waals surface area contributed by atoms with Crippen molar-refractivity contribution in [2.75, 3.05) is 6.61 Å². The number of aromatic nitrogens is 1. The molecule has 0 saturated carbocycles. The van der Waals surface area contributed by atoms with Crippen LogP contribution in [0.3, 0.4) is 0 Å². The molecule has 0 saturated heterocycles. The van der Waals surface area contributed by atoms with Crippen LogP contribution < -0.4 is 14.9 Å². The molecule has 0 fully saturated rings. The van der Waals surface area contributed by atoms with Gasteiger partial charge in [0.2, 0.25) is 0 Å². The number of rotatable bonds is 5. The molecule has 1 aliphatic heterocycles. The lowest BCUT2D eigenvalue weighted by Gasteiger charge is -2.24. The van der Waals surface area contributed by atoms with Crippen molar-refractivity contribution in [3.05, 3.63) is 97.1 Å². The van der Waals surface area contributed by atoms with E-state index in [2.05, 4.69) is 4.99 Å². The molecule has 0 radical (unpaired) electrons. The molecular formula is C23H20N2O4S. The number of nitrogens with zero attached hydrogens (tertiary/aromatic N) is 2. The van der Waals surface area contributed by atoms with Gasteiger partial charge in [-0.1, -0.05) is 47.7 Å². The number of hydrogen-bond donors (Lipinski definition) is 0. The number of carbonyl (C=O) groups excluding carboxylic acids is 1. The number of carbonyl (C=O) groups is 1. The molecule has 3 heterocycles. The lowest BCUT2D eigenvalue weighted by molar-refractivity contribution is -0.139. The van der Waals surface area contributed by atoms with E-state index in [9.17, 15) is 9.59 Å².